The van der Waals surface area contributed by atoms with E-state index in [1.54, 1.807) is 18.2 Å². The lowest BCUT2D eigenvalue weighted by Crippen LogP contribution is -2.34. The van der Waals surface area contributed by atoms with Gasteiger partial charge in [0.25, 0.3) is 5.91 Å². The molecule has 1 aliphatic rings. The number of aromatic amines is 1. The Bertz CT molecular complexity index is 2500. The number of ether oxygens (including phenoxy) is 4. The quantitative estimate of drug-likeness (QED) is 0.0390. The maximum absolute atomic E-state index is 12.9. The number of fused-ring (bicyclic) bond motifs is 3. The Balaban J connectivity index is 0.777. The summed E-state index contributed by atoms with van der Waals surface area (Å²) in [6.07, 6.45) is 7.63. The van der Waals surface area contributed by atoms with Gasteiger partial charge in [-0.25, -0.2) is 9.78 Å². The van der Waals surface area contributed by atoms with Crippen molar-refractivity contribution >= 4 is 39.7 Å². The highest BCUT2D eigenvalue weighted by molar-refractivity contribution is 6.01. The molecule has 6 aromatic rings. The highest BCUT2D eigenvalue weighted by Gasteiger charge is 2.33. The zero-order valence-electron chi connectivity index (χ0n) is 36.9. The Labute approximate surface area is 373 Å². The fourth-order valence-corrected chi connectivity index (χ4v) is 7.80. The second-order valence-electron chi connectivity index (χ2n) is 16.9. The van der Waals surface area contributed by atoms with E-state index in [9.17, 15) is 19.5 Å². The third kappa shape index (κ3) is 12.7. The summed E-state index contributed by atoms with van der Waals surface area (Å²) in [5.41, 5.74) is 7.02. The number of unbranched alkanes of at least 4 members (excludes halogenated alkanes) is 1. The fourth-order valence-electron chi connectivity index (χ4n) is 7.80. The number of amides is 3. The van der Waals surface area contributed by atoms with Crippen molar-refractivity contribution in [1.82, 2.24) is 40.4 Å². The molecule has 0 bridgehead atoms. The maximum atomic E-state index is 12.9. The van der Waals surface area contributed by atoms with Crippen molar-refractivity contribution in [3.63, 3.8) is 0 Å². The van der Waals surface area contributed by atoms with E-state index in [2.05, 4.69) is 83.1 Å². The van der Waals surface area contributed by atoms with Crippen LogP contribution in [-0.4, -0.2) is 100 Å². The minimum atomic E-state index is -0.531. The van der Waals surface area contributed by atoms with Crippen LogP contribution in [0.2, 0.25) is 0 Å². The Kier molecular flexibility index (Phi) is 15.7. The molecule has 7 rings (SSSR count). The molecule has 6 N–H and O–H groups in total. The molecule has 3 amide bonds. The van der Waals surface area contributed by atoms with Crippen molar-refractivity contribution in [1.29, 1.82) is 0 Å². The monoisotopic (exact) mass is 876 g/mol. The summed E-state index contributed by atoms with van der Waals surface area (Å²) in [5.74, 6) is -0.00718. The molecule has 340 valence electrons. The number of H-pyrrole nitrogens is 1. The molecule has 3 aromatic carbocycles. The number of nitrogens with zero attached hydrogens (tertiary/aromatic N) is 3. The minimum Gasteiger partial charge on any atom is -0.508 e. The van der Waals surface area contributed by atoms with E-state index in [-0.39, 0.29) is 23.6 Å². The number of phenols is 1. The van der Waals surface area contributed by atoms with Crippen LogP contribution in [0.3, 0.4) is 0 Å². The first-order chi connectivity index (χ1) is 31.0. The van der Waals surface area contributed by atoms with Crippen molar-refractivity contribution in [3.8, 4) is 5.75 Å². The van der Waals surface area contributed by atoms with Crippen molar-refractivity contribution in [2.45, 2.75) is 77.9 Å². The molecular formula is C48H60N8O8. The Morgan fingerprint density at radius 3 is 2.44 bits per heavy atom. The molecular weight excluding hydrogens is 817 g/mol. The van der Waals surface area contributed by atoms with Gasteiger partial charge in [0.2, 0.25) is 5.91 Å². The molecule has 64 heavy (non-hydrogen) atoms. The number of benzene rings is 3. The van der Waals surface area contributed by atoms with Crippen LogP contribution in [0.25, 0.3) is 21.8 Å². The molecule has 0 aliphatic carbocycles. The molecule has 0 saturated heterocycles. The smallest absolute Gasteiger partial charge is 0.407 e. The van der Waals surface area contributed by atoms with Gasteiger partial charge in [-0.05, 0) is 86.5 Å². The summed E-state index contributed by atoms with van der Waals surface area (Å²) in [5, 5.41) is 24.7. The first-order valence-electron chi connectivity index (χ1n) is 22.0. The van der Waals surface area contributed by atoms with E-state index in [1.807, 2.05) is 45.3 Å². The summed E-state index contributed by atoms with van der Waals surface area (Å²) in [6.45, 7) is 11.3. The summed E-state index contributed by atoms with van der Waals surface area (Å²) in [6, 6.07) is 21.2. The van der Waals surface area contributed by atoms with Gasteiger partial charge >= 0.3 is 6.09 Å². The normalized spacial score (nSPS) is 13.7. The van der Waals surface area contributed by atoms with Gasteiger partial charge in [-0.1, -0.05) is 30.3 Å². The number of hydrogen-bond donors (Lipinski definition) is 6. The highest BCUT2D eigenvalue weighted by Crippen LogP contribution is 2.38. The topological polar surface area (TPSA) is 195 Å². The Hall–Kier alpha value is -6.20. The number of aromatic nitrogens is 4. The first-order valence-corrected chi connectivity index (χ1v) is 22.0. The number of imidazole rings is 1. The van der Waals surface area contributed by atoms with Crippen LogP contribution < -0.4 is 21.3 Å². The second-order valence-corrected chi connectivity index (χ2v) is 16.9. The van der Waals surface area contributed by atoms with Gasteiger partial charge in [-0.15, -0.1) is 0 Å². The SMILES string of the molecule is CC(C)(C)OC(=O)NCCOCCOCCOCCNC(=O)CCCCn1cnc(Cn2ccc3ccc(CNCc4[nH]c5ccccc5c4[C@@H]4NC(=O)c5ccc(O)cc54)cc32)c1. The van der Waals surface area contributed by atoms with E-state index < -0.39 is 11.7 Å². The maximum Gasteiger partial charge on any atom is 0.407 e. The lowest BCUT2D eigenvalue weighted by molar-refractivity contribution is -0.121. The van der Waals surface area contributed by atoms with Gasteiger partial charge in [-0.3, -0.25) is 9.59 Å². The average Bonchev–Trinajstić information content (AvgIpc) is 4.05. The number of phenolic OH excluding ortho intramolecular Hbond substituents is 1. The Morgan fingerprint density at radius 1 is 0.875 bits per heavy atom. The number of carbonyl (C=O) groups is 3. The molecule has 0 unspecified atom stereocenters. The van der Waals surface area contributed by atoms with E-state index in [0.717, 1.165) is 69.3 Å². The second kappa shape index (κ2) is 21.9. The molecule has 4 heterocycles. The first kappa shape index (κ1) is 45.8. The zero-order chi connectivity index (χ0) is 44.9. The van der Waals surface area contributed by atoms with Gasteiger partial charge in [0.15, 0.2) is 0 Å². The molecule has 16 heteroatoms. The Morgan fingerprint density at radius 2 is 1.64 bits per heavy atom. The number of hydrogen-bond acceptors (Lipinski definition) is 10. The van der Waals surface area contributed by atoms with Crippen LogP contribution in [0.1, 0.15) is 84.5 Å². The molecule has 0 saturated carbocycles. The molecule has 3 aromatic heterocycles. The van der Waals surface area contributed by atoms with E-state index in [0.29, 0.717) is 84.3 Å². The molecule has 0 radical (unpaired) electrons. The largest absolute Gasteiger partial charge is 0.508 e. The summed E-state index contributed by atoms with van der Waals surface area (Å²) in [4.78, 5) is 45.1. The van der Waals surface area contributed by atoms with Crippen LogP contribution in [-0.2, 0) is 49.9 Å². The lowest BCUT2D eigenvalue weighted by Gasteiger charge is -2.19. The number of aromatic hydroxyl groups is 1. The van der Waals surface area contributed by atoms with Crippen LogP contribution in [0.5, 0.6) is 5.75 Å². The third-order valence-electron chi connectivity index (χ3n) is 10.8. The number of para-hydroxylation sites is 1. The highest BCUT2D eigenvalue weighted by atomic mass is 16.6. The minimum absolute atomic E-state index is 0.00765. The van der Waals surface area contributed by atoms with Crippen molar-refractivity contribution in [2.75, 3.05) is 52.7 Å². The molecule has 1 aliphatic heterocycles. The van der Waals surface area contributed by atoms with Crippen LogP contribution >= 0.6 is 0 Å². The molecule has 0 fully saturated rings. The molecule has 1 atom stereocenters. The standard InChI is InChI=1S/C48H60N8O8/c1-48(2,3)64-47(60)51-17-21-62-23-25-63-24-22-61-20-16-50-43(58)10-6-7-18-55-30-35(52-32-55)31-56-19-15-34-12-11-33(26-42(34)56)28-49-29-41-44(38-8-4-5-9-40(38)53-41)45-39-27-36(57)13-14-37(39)46(59)54-45/h4-5,8-9,11-15,19,26-27,30,32,45,49,53,57H,6-7,10,16-18,20-25,28-29,31H2,1-3H3,(H,50,58)(H,51,60)(H,54,59)/t45-/m1/s1. The van der Waals surface area contributed by atoms with Gasteiger partial charge in [0.05, 0.1) is 64.2 Å². The van der Waals surface area contributed by atoms with Crippen LogP contribution in [0.4, 0.5) is 4.79 Å². The van der Waals surface area contributed by atoms with Gasteiger partial charge in [0.1, 0.15) is 11.4 Å². The van der Waals surface area contributed by atoms with E-state index >= 15 is 0 Å². The van der Waals surface area contributed by atoms with Gasteiger partial charge in [0, 0.05) is 84.8 Å². The van der Waals surface area contributed by atoms with Crippen molar-refractivity contribution < 1.29 is 38.4 Å². The number of alkyl carbamates (subject to hydrolysis) is 1. The predicted octanol–water partition coefficient (Wildman–Crippen LogP) is 6.06. The number of aryl methyl sites for hydroxylation is 1. The van der Waals surface area contributed by atoms with Crippen LogP contribution in [0.15, 0.2) is 85.5 Å². The van der Waals surface area contributed by atoms with E-state index in [4.69, 9.17) is 18.9 Å². The van der Waals surface area contributed by atoms with Gasteiger partial charge < -0.3 is 59.4 Å². The van der Waals surface area contributed by atoms with Gasteiger partial charge in [-0.2, -0.15) is 0 Å². The van der Waals surface area contributed by atoms with Crippen molar-refractivity contribution in [3.05, 3.63) is 119 Å². The zero-order valence-corrected chi connectivity index (χ0v) is 36.9. The van der Waals surface area contributed by atoms with Crippen molar-refractivity contribution in [2.24, 2.45) is 0 Å². The lowest BCUT2D eigenvalue weighted by atomic mass is 9.95. The molecule has 0 spiro atoms. The van der Waals surface area contributed by atoms with Crippen LogP contribution in [0, 0.1) is 0 Å². The summed E-state index contributed by atoms with van der Waals surface area (Å²) < 4.78 is 25.9. The predicted molar refractivity (Wildman–Crippen MR) is 243 cm³/mol. The summed E-state index contributed by atoms with van der Waals surface area (Å²) in [7, 11) is 0. The average molecular weight is 877 g/mol. The third-order valence-corrected chi connectivity index (χ3v) is 10.8. The number of nitrogens with one attached hydrogen (secondary N) is 5. The fraction of sp³-hybridized carbons (Fsp3) is 0.417. The van der Waals surface area contributed by atoms with E-state index in [1.165, 1.54) is 0 Å². The molecule has 16 nitrogen and oxygen atoms in total. The number of carbonyl (C=O) groups excluding carboxylic acids is 3. The number of rotatable bonds is 24. The summed E-state index contributed by atoms with van der Waals surface area (Å²) >= 11 is 0.